The summed E-state index contributed by atoms with van der Waals surface area (Å²) >= 11 is 0. The fourth-order valence-corrected chi connectivity index (χ4v) is 4.09. The van der Waals surface area contributed by atoms with E-state index in [1.807, 2.05) is 30.4 Å². The molecule has 2 fully saturated rings. The number of aryl methyl sites for hydroxylation is 1. The van der Waals surface area contributed by atoms with Crippen LogP contribution in [0.5, 0.6) is 0 Å². The van der Waals surface area contributed by atoms with Gasteiger partial charge in [0.05, 0.1) is 0 Å². The molecule has 0 N–H and O–H groups in total. The van der Waals surface area contributed by atoms with Crippen LogP contribution in [-0.2, 0) is 18.3 Å². The van der Waals surface area contributed by atoms with E-state index in [4.69, 9.17) is 0 Å². The topological polar surface area (TPSA) is 38.1 Å². The molecule has 2 aromatic rings. The second kappa shape index (κ2) is 6.62. The molecular weight excluding hydrogens is 317 g/mol. The number of hydrogen-bond acceptors (Lipinski definition) is 2. The van der Waals surface area contributed by atoms with Crippen LogP contribution in [0.4, 0.5) is 4.39 Å². The van der Waals surface area contributed by atoms with Crippen molar-refractivity contribution in [2.45, 2.75) is 31.6 Å². The summed E-state index contributed by atoms with van der Waals surface area (Å²) < 4.78 is 15.5. The SMILES string of the molecule is Cn1ccnc1C[C@@H]1CCCN(C(=O)[C@@H]2C[C@@H]2c2cccc(F)c2)C1. The normalized spacial score (nSPS) is 25.8. The van der Waals surface area contributed by atoms with Crippen molar-refractivity contribution in [3.8, 4) is 0 Å². The summed E-state index contributed by atoms with van der Waals surface area (Å²) in [5.41, 5.74) is 0.958. The van der Waals surface area contributed by atoms with Gasteiger partial charge >= 0.3 is 0 Å². The monoisotopic (exact) mass is 341 g/mol. The summed E-state index contributed by atoms with van der Waals surface area (Å²) in [6.45, 7) is 1.67. The maximum Gasteiger partial charge on any atom is 0.226 e. The molecule has 2 aliphatic rings. The van der Waals surface area contributed by atoms with Crippen molar-refractivity contribution in [1.82, 2.24) is 14.5 Å². The molecule has 1 aliphatic heterocycles. The molecular formula is C20H24FN3O. The third kappa shape index (κ3) is 3.46. The molecule has 3 atom stereocenters. The summed E-state index contributed by atoms with van der Waals surface area (Å²) in [6.07, 6.45) is 7.77. The van der Waals surface area contributed by atoms with E-state index in [-0.39, 0.29) is 23.6 Å². The van der Waals surface area contributed by atoms with Crippen LogP contribution in [0.2, 0.25) is 0 Å². The fourth-order valence-electron chi connectivity index (χ4n) is 4.09. The first-order valence-corrected chi connectivity index (χ1v) is 9.12. The van der Waals surface area contributed by atoms with Crippen LogP contribution in [0.3, 0.4) is 0 Å². The lowest BCUT2D eigenvalue weighted by atomic mass is 9.94. The van der Waals surface area contributed by atoms with Gasteiger partial charge in [-0.2, -0.15) is 0 Å². The molecule has 25 heavy (non-hydrogen) atoms. The Kier molecular flexibility index (Phi) is 4.32. The molecule has 1 aromatic carbocycles. The van der Waals surface area contributed by atoms with Crippen LogP contribution < -0.4 is 0 Å². The third-order valence-electron chi connectivity index (χ3n) is 5.61. The molecule has 4 nitrogen and oxygen atoms in total. The summed E-state index contributed by atoms with van der Waals surface area (Å²) in [6, 6.07) is 6.68. The highest BCUT2D eigenvalue weighted by Crippen LogP contribution is 2.48. The Morgan fingerprint density at radius 2 is 2.28 bits per heavy atom. The van der Waals surface area contributed by atoms with Crippen molar-refractivity contribution >= 4 is 5.91 Å². The van der Waals surface area contributed by atoms with Crippen molar-refractivity contribution in [3.05, 3.63) is 53.9 Å². The van der Waals surface area contributed by atoms with Gasteiger partial charge in [0.25, 0.3) is 0 Å². The lowest BCUT2D eigenvalue weighted by Crippen LogP contribution is -2.41. The Bertz CT molecular complexity index is 772. The van der Waals surface area contributed by atoms with Gasteiger partial charge in [0.15, 0.2) is 0 Å². The van der Waals surface area contributed by atoms with Crippen LogP contribution >= 0.6 is 0 Å². The first kappa shape index (κ1) is 16.3. The van der Waals surface area contributed by atoms with E-state index in [1.54, 1.807) is 12.1 Å². The Morgan fingerprint density at radius 1 is 1.40 bits per heavy atom. The first-order valence-electron chi connectivity index (χ1n) is 9.12. The highest BCUT2D eigenvalue weighted by atomic mass is 19.1. The second-order valence-electron chi connectivity index (χ2n) is 7.45. The number of aromatic nitrogens is 2. The molecule has 0 bridgehead atoms. The van der Waals surface area contributed by atoms with Gasteiger partial charge in [-0.15, -0.1) is 0 Å². The van der Waals surface area contributed by atoms with Crippen LogP contribution in [0.1, 0.15) is 36.6 Å². The Balaban J connectivity index is 1.37. The lowest BCUT2D eigenvalue weighted by Gasteiger charge is -2.33. The molecule has 0 spiro atoms. The summed E-state index contributed by atoms with van der Waals surface area (Å²) in [5.74, 6) is 1.82. The molecule has 132 valence electrons. The molecule has 4 rings (SSSR count). The number of rotatable bonds is 4. The van der Waals surface area contributed by atoms with Crippen molar-refractivity contribution in [3.63, 3.8) is 0 Å². The number of likely N-dealkylation sites (tertiary alicyclic amines) is 1. The standard InChI is InChI=1S/C20H24FN3O/c1-23-9-7-22-19(23)10-14-4-3-8-24(13-14)20(25)18-12-17(18)15-5-2-6-16(21)11-15/h2,5-7,9,11,14,17-18H,3-4,8,10,12-13H2,1H3/t14-,17+,18+/m0/s1. The minimum Gasteiger partial charge on any atom is -0.342 e. The zero-order chi connectivity index (χ0) is 17.4. The minimum atomic E-state index is -0.219. The quantitative estimate of drug-likeness (QED) is 0.857. The van der Waals surface area contributed by atoms with Gasteiger partial charge in [0.2, 0.25) is 5.91 Å². The van der Waals surface area contributed by atoms with Crippen LogP contribution in [-0.4, -0.2) is 33.4 Å². The van der Waals surface area contributed by atoms with Crippen LogP contribution in [0, 0.1) is 17.7 Å². The Morgan fingerprint density at radius 3 is 3.04 bits per heavy atom. The summed E-state index contributed by atoms with van der Waals surface area (Å²) in [5, 5.41) is 0. The maximum atomic E-state index is 13.4. The highest BCUT2D eigenvalue weighted by molar-refractivity contribution is 5.83. The zero-order valence-corrected chi connectivity index (χ0v) is 14.6. The number of halogens is 1. The number of nitrogens with zero attached hydrogens (tertiary/aromatic N) is 3. The number of benzene rings is 1. The van der Waals surface area contributed by atoms with Gasteiger partial charge in [-0.25, -0.2) is 9.37 Å². The van der Waals surface area contributed by atoms with Gasteiger partial charge in [-0.1, -0.05) is 12.1 Å². The second-order valence-corrected chi connectivity index (χ2v) is 7.45. The molecule has 0 radical (unpaired) electrons. The smallest absolute Gasteiger partial charge is 0.226 e. The van der Waals surface area contributed by atoms with Gasteiger partial charge < -0.3 is 9.47 Å². The predicted molar refractivity (Wildman–Crippen MR) is 93.5 cm³/mol. The minimum absolute atomic E-state index is 0.0358. The number of carbonyl (C=O) groups excluding carboxylic acids is 1. The number of carbonyl (C=O) groups is 1. The maximum absolute atomic E-state index is 13.4. The van der Waals surface area contributed by atoms with Crippen molar-refractivity contribution in [2.75, 3.05) is 13.1 Å². The molecule has 1 saturated heterocycles. The summed E-state index contributed by atoms with van der Waals surface area (Å²) in [4.78, 5) is 19.3. The Labute approximate surface area is 147 Å². The van der Waals surface area contributed by atoms with Crippen molar-refractivity contribution in [2.24, 2.45) is 18.9 Å². The number of imidazole rings is 1. The number of amides is 1. The lowest BCUT2D eigenvalue weighted by molar-refractivity contribution is -0.134. The van der Waals surface area contributed by atoms with Gasteiger partial charge in [-0.05, 0) is 48.8 Å². The van der Waals surface area contributed by atoms with Gasteiger partial charge in [0.1, 0.15) is 11.6 Å². The predicted octanol–water partition coefficient (Wildman–Crippen LogP) is 3.14. The van der Waals surface area contributed by atoms with Crippen molar-refractivity contribution < 1.29 is 9.18 Å². The molecule has 2 heterocycles. The fraction of sp³-hybridized carbons (Fsp3) is 0.500. The van der Waals surface area contributed by atoms with Crippen LogP contribution in [0.15, 0.2) is 36.7 Å². The van der Waals surface area contributed by atoms with E-state index in [0.29, 0.717) is 5.92 Å². The number of piperidine rings is 1. The van der Waals surface area contributed by atoms with E-state index in [1.165, 1.54) is 6.07 Å². The third-order valence-corrected chi connectivity index (χ3v) is 5.61. The Hall–Kier alpha value is -2.17. The van der Waals surface area contributed by atoms with E-state index in [0.717, 1.165) is 50.2 Å². The average molecular weight is 341 g/mol. The molecule has 1 aromatic heterocycles. The average Bonchev–Trinajstić information content (AvgIpc) is 3.32. The van der Waals surface area contributed by atoms with Crippen molar-refractivity contribution in [1.29, 1.82) is 0 Å². The van der Waals surface area contributed by atoms with Gasteiger partial charge in [0, 0.05) is 44.9 Å². The number of hydrogen-bond donors (Lipinski definition) is 0. The van der Waals surface area contributed by atoms with E-state index in [2.05, 4.69) is 9.55 Å². The highest BCUT2D eigenvalue weighted by Gasteiger charge is 2.46. The molecule has 1 amide bonds. The zero-order valence-electron chi connectivity index (χ0n) is 14.6. The molecule has 0 unspecified atom stereocenters. The molecule has 1 saturated carbocycles. The molecule has 1 aliphatic carbocycles. The first-order chi connectivity index (χ1) is 12.1. The van der Waals surface area contributed by atoms with E-state index < -0.39 is 0 Å². The summed E-state index contributed by atoms with van der Waals surface area (Å²) in [7, 11) is 2.02. The van der Waals surface area contributed by atoms with Gasteiger partial charge in [-0.3, -0.25) is 4.79 Å². The largest absolute Gasteiger partial charge is 0.342 e. The van der Waals surface area contributed by atoms with Crippen LogP contribution in [0.25, 0.3) is 0 Å². The van der Waals surface area contributed by atoms with E-state index in [9.17, 15) is 9.18 Å². The molecule has 5 heteroatoms. The van der Waals surface area contributed by atoms with E-state index >= 15 is 0 Å².